The average Bonchev–Trinajstić information content (AvgIpc) is 3.44. The molecule has 2 fully saturated rings. The molecule has 1 N–H and O–H groups in total. The van der Waals surface area contributed by atoms with Crippen molar-refractivity contribution in [2.75, 3.05) is 38.9 Å². The van der Waals surface area contributed by atoms with Crippen molar-refractivity contribution < 1.29 is 28.6 Å². The van der Waals surface area contributed by atoms with Gasteiger partial charge >= 0.3 is 0 Å². The van der Waals surface area contributed by atoms with E-state index in [9.17, 15) is 14.4 Å². The first-order valence-electron chi connectivity index (χ1n) is 9.76. The zero-order valence-corrected chi connectivity index (χ0v) is 16.6. The van der Waals surface area contributed by atoms with Crippen LogP contribution in [0.25, 0.3) is 0 Å². The summed E-state index contributed by atoms with van der Waals surface area (Å²) in [6.07, 6.45) is 0.902. The molecule has 9 nitrogen and oxygen atoms in total. The standard InChI is InChI=1S/C20H25N3O6/c1-22(2)20(26)16-6-4-14(29-16)9-21-19(25)12-7-18(24)23(10-12)13-3-5-15-17(8-13)28-11-27-15/h3,5,8,12,14,16H,4,6-7,9-11H2,1-2H3,(H,21,25)/t12-,14+,16-/m0/s1. The van der Waals surface area contributed by atoms with Gasteiger partial charge in [0.25, 0.3) is 5.91 Å². The van der Waals surface area contributed by atoms with E-state index in [1.165, 1.54) is 4.90 Å². The Hall–Kier alpha value is -2.81. The number of rotatable bonds is 5. The summed E-state index contributed by atoms with van der Waals surface area (Å²) >= 11 is 0. The lowest BCUT2D eigenvalue weighted by Gasteiger charge is -2.19. The molecule has 0 bridgehead atoms. The van der Waals surface area contributed by atoms with Gasteiger partial charge in [0.1, 0.15) is 6.10 Å². The second-order valence-electron chi connectivity index (χ2n) is 7.74. The first-order chi connectivity index (χ1) is 13.9. The van der Waals surface area contributed by atoms with Crippen molar-refractivity contribution in [3.05, 3.63) is 18.2 Å². The minimum Gasteiger partial charge on any atom is -0.454 e. The minimum atomic E-state index is -0.443. The number of ether oxygens (including phenoxy) is 3. The van der Waals surface area contributed by atoms with Crippen LogP contribution in [0.2, 0.25) is 0 Å². The van der Waals surface area contributed by atoms with Crippen molar-refractivity contribution in [2.24, 2.45) is 5.92 Å². The molecule has 4 rings (SSSR count). The predicted molar refractivity (Wildman–Crippen MR) is 103 cm³/mol. The number of amides is 3. The highest BCUT2D eigenvalue weighted by molar-refractivity contribution is 6.00. The van der Waals surface area contributed by atoms with Gasteiger partial charge in [-0.3, -0.25) is 14.4 Å². The zero-order chi connectivity index (χ0) is 20.5. The number of nitrogens with zero attached hydrogens (tertiary/aromatic N) is 2. The molecule has 0 aromatic heterocycles. The molecule has 3 heterocycles. The third-order valence-corrected chi connectivity index (χ3v) is 5.49. The number of likely N-dealkylation sites (N-methyl/N-ethyl adjacent to an activating group) is 1. The number of benzene rings is 1. The maximum atomic E-state index is 12.6. The molecule has 0 aliphatic carbocycles. The number of hydrogen-bond acceptors (Lipinski definition) is 6. The summed E-state index contributed by atoms with van der Waals surface area (Å²) in [4.78, 5) is 40.1. The van der Waals surface area contributed by atoms with Gasteiger partial charge in [0.2, 0.25) is 18.6 Å². The lowest BCUT2D eigenvalue weighted by molar-refractivity contribution is -0.140. The number of carbonyl (C=O) groups excluding carboxylic acids is 3. The van der Waals surface area contributed by atoms with E-state index >= 15 is 0 Å². The molecule has 1 aromatic carbocycles. The Morgan fingerprint density at radius 2 is 2.00 bits per heavy atom. The first-order valence-corrected chi connectivity index (χ1v) is 9.76. The van der Waals surface area contributed by atoms with Crippen LogP contribution >= 0.6 is 0 Å². The third kappa shape index (κ3) is 4.00. The fourth-order valence-corrected chi connectivity index (χ4v) is 3.87. The van der Waals surface area contributed by atoms with Crippen LogP contribution in [0.15, 0.2) is 18.2 Å². The molecule has 2 saturated heterocycles. The molecule has 0 spiro atoms. The van der Waals surface area contributed by atoms with Gasteiger partial charge in [0.05, 0.1) is 12.0 Å². The van der Waals surface area contributed by atoms with E-state index in [2.05, 4.69) is 5.32 Å². The smallest absolute Gasteiger partial charge is 0.251 e. The second-order valence-corrected chi connectivity index (χ2v) is 7.74. The Bertz CT molecular complexity index is 826. The average molecular weight is 403 g/mol. The Balaban J connectivity index is 1.29. The van der Waals surface area contributed by atoms with Crippen molar-refractivity contribution in [1.82, 2.24) is 10.2 Å². The molecule has 156 valence electrons. The molecule has 9 heteroatoms. The fourth-order valence-electron chi connectivity index (χ4n) is 3.87. The predicted octanol–water partition coefficient (Wildman–Crippen LogP) is 0.520. The molecule has 3 amide bonds. The van der Waals surface area contributed by atoms with Crippen LogP contribution in [0.3, 0.4) is 0 Å². The molecular weight excluding hydrogens is 378 g/mol. The summed E-state index contributed by atoms with van der Waals surface area (Å²) in [7, 11) is 3.40. The van der Waals surface area contributed by atoms with Gasteiger partial charge in [0, 0.05) is 45.4 Å². The summed E-state index contributed by atoms with van der Waals surface area (Å²) in [6, 6.07) is 5.32. The van der Waals surface area contributed by atoms with Gasteiger partial charge in [-0.1, -0.05) is 0 Å². The Kier molecular flexibility index (Phi) is 5.31. The van der Waals surface area contributed by atoms with Crippen LogP contribution in [-0.4, -0.2) is 68.8 Å². The topological polar surface area (TPSA) is 97.4 Å². The van der Waals surface area contributed by atoms with E-state index in [1.807, 2.05) is 0 Å². The van der Waals surface area contributed by atoms with Crippen LogP contribution in [0.5, 0.6) is 11.5 Å². The summed E-state index contributed by atoms with van der Waals surface area (Å²) in [5.74, 6) is 0.499. The van der Waals surface area contributed by atoms with Crippen molar-refractivity contribution in [3.63, 3.8) is 0 Å². The maximum Gasteiger partial charge on any atom is 0.251 e. The number of hydrogen-bond donors (Lipinski definition) is 1. The van der Waals surface area contributed by atoms with E-state index < -0.39 is 12.0 Å². The lowest BCUT2D eigenvalue weighted by Crippen LogP contribution is -2.39. The SMILES string of the molecule is CN(C)C(=O)[C@@H]1CC[C@H](CNC(=O)[C@H]2CC(=O)N(c3ccc4c(c3)OCO4)C2)O1. The monoisotopic (exact) mass is 403 g/mol. The summed E-state index contributed by atoms with van der Waals surface area (Å²) in [5, 5.41) is 2.88. The van der Waals surface area contributed by atoms with E-state index in [1.54, 1.807) is 37.2 Å². The highest BCUT2D eigenvalue weighted by Crippen LogP contribution is 2.37. The number of anilines is 1. The molecule has 29 heavy (non-hydrogen) atoms. The number of nitrogens with one attached hydrogen (secondary N) is 1. The van der Waals surface area contributed by atoms with Gasteiger partial charge < -0.3 is 29.3 Å². The molecule has 0 unspecified atom stereocenters. The molecule has 3 aliphatic heterocycles. The van der Waals surface area contributed by atoms with Crippen LogP contribution < -0.4 is 19.7 Å². The fraction of sp³-hybridized carbons (Fsp3) is 0.550. The zero-order valence-electron chi connectivity index (χ0n) is 16.6. The van der Waals surface area contributed by atoms with Gasteiger partial charge in [-0.05, 0) is 25.0 Å². The molecule has 1 aromatic rings. The Morgan fingerprint density at radius 3 is 2.79 bits per heavy atom. The van der Waals surface area contributed by atoms with Crippen LogP contribution in [0.1, 0.15) is 19.3 Å². The van der Waals surface area contributed by atoms with Gasteiger partial charge in [-0.25, -0.2) is 0 Å². The van der Waals surface area contributed by atoms with E-state index in [4.69, 9.17) is 14.2 Å². The van der Waals surface area contributed by atoms with Gasteiger partial charge in [-0.2, -0.15) is 0 Å². The Morgan fingerprint density at radius 1 is 1.21 bits per heavy atom. The van der Waals surface area contributed by atoms with Crippen LogP contribution in [0, 0.1) is 5.92 Å². The van der Waals surface area contributed by atoms with E-state index in [0.717, 1.165) is 6.42 Å². The highest BCUT2D eigenvalue weighted by Gasteiger charge is 2.37. The van der Waals surface area contributed by atoms with Gasteiger partial charge in [0.15, 0.2) is 11.5 Å². The molecular formula is C20H25N3O6. The minimum absolute atomic E-state index is 0.0559. The molecule has 3 aliphatic rings. The van der Waals surface area contributed by atoms with Crippen molar-refractivity contribution in [3.8, 4) is 11.5 Å². The van der Waals surface area contributed by atoms with Gasteiger partial charge in [-0.15, -0.1) is 0 Å². The molecule has 0 radical (unpaired) electrons. The first kappa shape index (κ1) is 19.5. The van der Waals surface area contributed by atoms with Crippen molar-refractivity contribution in [1.29, 1.82) is 0 Å². The second kappa shape index (κ2) is 7.90. The largest absolute Gasteiger partial charge is 0.454 e. The Labute approximate surface area is 168 Å². The summed E-state index contributed by atoms with van der Waals surface area (Å²) < 4.78 is 16.4. The lowest BCUT2D eigenvalue weighted by atomic mass is 10.1. The van der Waals surface area contributed by atoms with Crippen molar-refractivity contribution >= 4 is 23.4 Å². The van der Waals surface area contributed by atoms with E-state index in [0.29, 0.717) is 36.7 Å². The number of fused-ring (bicyclic) bond motifs is 1. The summed E-state index contributed by atoms with van der Waals surface area (Å²) in [6.45, 7) is 0.824. The molecule has 3 atom stereocenters. The van der Waals surface area contributed by atoms with Crippen LogP contribution in [-0.2, 0) is 19.1 Å². The van der Waals surface area contributed by atoms with Crippen LogP contribution in [0.4, 0.5) is 5.69 Å². The maximum absolute atomic E-state index is 12.6. The van der Waals surface area contributed by atoms with Crippen molar-refractivity contribution in [2.45, 2.75) is 31.5 Å². The highest BCUT2D eigenvalue weighted by atomic mass is 16.7. The number of carbonyl (C=O) groups is 3. The molecule has 0 saturated carbocycles. The quantitative estimate of drug-likeness (QED) is 0.770. The normalized spacial score (nSPS) is 25.4. The third-order valence-electron chi connectivity index (χ3n) is 5.49. The van der Waals surface area contributed by atoms with E-state index in [-0.39, 0.29) is 37.0 Å². The summed E-state index contributed by atoms with van der Waals surface area (Å²) in [5.41, 5.74) is 0.693.